The number of aliphatic hydroxyl groups is 2. The predicted octanol–water partition coefficient (Wildman–Crippen LogP) is -1.20. The van der Waals surface area contributed by atoms with Crippen LogP contribution in [0, 0.1) is 0 Å². The van der Waals surface area contributed by atoms with Gasteiger partial charge in [-0.2, -0.15) is 8.42 Å². The van der Waals surface area contributed by atoms with Crippen LogP contribution in [0.25, 0.3) is 0 Å². The molecule has 7 heteroatoms. The quantitative estimate of drug-likeness (QED) is 0.524. The lowest BCUT2D eigenvalue weighted by atomic mass is 10.5. The van der Waals surface area contributed by atoms with E-state index in [1.54, 1.807) is 19.0 Å². The third-order valence-corrected chi connectivity index (χ3v) is 1.76. The first-order valence-corrected chi connectivity index (χ1v) is 5.68. The van der Waals surface area contributed by atoms with Gasteiger partial charge >= 0.3 is 0 Å². The molecule has 0 aliphatic rings. The smallest absolute Gasteiger partial charge is 0.266 e. The Balaban J connectivity index is 0. The summed E-state index contributed by atoms with van der Waals surface area (Å²) in [6.07, 6.45) is -0.560. The summed E-state index contributed by atoms with van der Waals surface area (Å²) in [6, 6.07) is 0. The van der Waals surface area contributed by atoms with E-state index in [9.17, 15) is 8.42 Å². The topological polar surface area (TPSA) is 98.1 Å². The Morgan fingerprint density at radius 1 is 1.36 bits per heavy atom. The second kappa shape index (κ2) is 8.13. The van der Waals surface area contributed by atoms with Gasteiger partial charge in [-0.15, -0.1) is 0 Å². The molecule has 0 saturated heterocycles. The maximum atomic E-state index is 10.1. The van der Waals surface area contributed by atoms with Crippen LogP contribution in [-0.2, 0) is 10.1 Å². The van der Waals surface area contributed by atoms with Gasteiger partial charge in [-0.25, -0.2) is 0 Å². The molecule has 0 aromatic rings. The van der Waals surface area contributed by atoms with Crippen molar-refractivity contribution in [1.29, 1.82) is 0 Å². The van der Waals surface area contributed by atoms with Gasteiger partial charge in [0.25, 0.3) is 10.1 Å². The zero-order chi connectivity index (χ0) is 11.8. The van der Waals surface area contributed by atoms with Crippen molar-refractivity contribution in [2.45, 2.75) is 13.0 Å². The number of hydrogen-bond donors (Lipinski definition) is 3. The molecule has 3 N–H and O–H groups in total. The van der Waals surface area contributed by atoms with Crippen LogP contribution in [0.2, 0.25) is 0 Å². The van der Waals surface area contributed by atoms with Crippen LogP contribution in [0.1, 0.15) is 6.92 Å². The van der Waals surface area contributed by atoms with Gasteiger partial charge in [0, 0.05) is 6.54 Å². The minimum atomic E-state index is -3.76. The van der Waals surface area contributed by atoms with Crippen LogP contribution < -0.4 is 0 Å². The Bertz CT molecular complexity index is 212. The highest BCUT2D eigenvalue weighted by Gasteiger charge is 2.03. The van der Waals surface area contributed by atoms with Crippen LogP contribution in [0.15, 0.2) is 0 Å². The van der Waals surface area contributed by atoms with Gasteiger partial charge in [0.2, 0.25) is 0 Å². The van der Waals surface area contributed by atoms with Crippen molar-refractivity contribution in [3.8, 4) is 0 Å². The molecule has 0 aromatic heterocycles. The summed E-state index contributed by atoms with van der Waals surface area (Å²) >= 11 is 0. The summed E-state index contributed by atoms with van der Waals surface area (Å²) in [5, 5.41) is 16.0. The number of aliphatic hydroxyl groups excluding tert-OH is 2. The number of rotatable bonds is 4. The lowest BCUT2D eigenvalue weighted by Gasteiger charge is -2.05. The van der Waals surface area contributed by atoms with Crippen molar-refractivity contribution >= 4 is 10.1 Å². The van der Waals surface area contributed by atoms with E-state index in [-0.39, 0.29) is 12.4 Å². The molecule has 0 saturated carbocycles. The van der Waals surface area contributed by atoms with Crippen molar-refractivity contribution in [2.75, 3.05) is 33.0 Å². The Morgan fingerprint density at radius 2 is 1.71 bits per heavy atom. The fourth-order valence-corrected chi connectivity index (χ4v) is 0.894. The molecule has 0 aliphatic carbocycles. The van der Waals surface area contributed by atoms with E-state index in [0.717, 1.165) is 0 Å². The van der Waals surface area contributed by atoms with Gasteiger partial charge in [0.05, 0.1) is 18.5 Å². The van der Waals surface area contributed by atoms with Crippen LogP contribution in [-0.4, -0.2) is 67.2 Å². The zero-order valence-electron chi connectivity index (χ0n) is 8.71. The maximum Gasteiger partial charge on any atom is 0.266 e. The molecular weight excluding hydrogens is 210 g/mol. The second-order valence-electron chi connectivity index (χ2n) is 3.12. The summed E-state index contributed by atoms with van der Waals surface area (Å²) in [5.74, 6) is -0.194. The van der Waals surface area contributed by atoms with Gasteiger partial charge in [-0.05, 0) is 21.0 Å². The van der Waals surface area contributed by atoms with Crippen molar-refractivity contribution in [2.24, 2.45) is 0 Å². The summed E-state index contributed by atoms with van der Waals surface area (Å²) in [4.78, 5) is 1.69. The molecule has 88 valence electrons. The lowest BCUT2D eigenvalue weighted by molar-refractivity contribution is 0.110. The molecule has 1 atom stereocenters. The van der Waals surface area contributed by atoms with Crippen LogP contribution in [0.3, 0.4) is 0 Å². The summed E-state index contributed by atoms with van der Waals surface area (Å²) in [5.41, 5.74) is 0. The fraction of sp³-hybridized carbons (Fsp3) is 1.00. The van der Waals surface area contributed by atoms with Crippen molar-refractivity contribution in [1.82, 2.24) is 4.90 Å². The summed E-state index contributed by atoms with van der Waals surface area (Å²) in [6.45, 7) is 1.75. The van der Waals surface area contributed by atoms with Gasteiger partial charge in [-0.1, -0.05) is 0 Å². The molecule has 0 fully saturated rings. The van der Waals surface area contributed by atoms with Gasteiger partial charge in [0.15, 0.2) is 0 Å². The van der Waals surface area contributed by atoms with E-state index in [2.05, 4.69) is 0 Å². The molecule has 0 aliphatic heterocycles. The summed E-state index contributed by atoms with van der Waals surface area (Å²) < 4.78 is 28.3. The first kappa shape index (κ1) is 16.2. The molecule has 0 aromatic carbocycles. The minimum Gasteiger partial charge on any atom is -0.394 e. The summed E-state index contributed by atoms with van der Waals surface area (Å²) in [7, 11) is -0.278. The Labute approximate surface area is 84.9 Å². The van der Waals surface area contributed by atoms with E-state index >= 15 is 0 Å². The number of hydrogen-bond acceptors (Lipinski definition) is 5. The average Bonchev–Trinajstić information content (AvgIpc) is 2.01. The second-order valence-corrected chi connectivity index (χ2v) is 4.69. The van der Waals surface area contributed by atoms with Crippen LogP contribution >= 0.6 is 0 Å². The lowest BCUT2D eigenvalue weighted by Crippen LogP contribution is -2.21. The Kier molecular flexibility index (Phi) is 9.42. The van der Waals surface area contributed by atoms with E-state index in [4.69, 9.17) is 14.8 Å². The highest BCUT2D eigenvalue weighted by atomic mass is 32.2. The molecule has 0 bridgehead atoms. The zero-order valence-corrected chi connectivity index (χ0v) is 9.53. The van der Waals surface area contributed by atoms with Crippen molar-refractivity contribution in [3.05, 3.63) is 0 Å². The molecule has 0 amide bonds. The highest BCUT2D eigenvalue weighted by molar-refractivity contribution is 7.85. The Hall–Kier alpha value is -0.210. The molecular formula is C7H19NO5S. The highest BCUT2D eigenvalue weighted by Crippen LogP contribution is 1.82. The monoisotopic (exact) mass is 229 g/mol. The SMILES string of the molecule is CC(O)CO.CN(C)CCS(=O)(=O)O. The van der Waals surface area contributed by atoms with Crippen molar-refractivity contribution < 1.29 is 23.2 Å². The average molecular weight is 229 g/mol. The molecule has 0 radical (unpaired) electrons. The first-order valence-electron chi connectivity index (χ1n) is 4.08. The first-order chi connectivity index (χ1) is 6.19. The largest absolute Gasteiger partial charge is 0.394 e. The maximum absolute atomic E-state index is 10.1. The van der Waals surface area contributed by atoms with E-state index < -0.39 is 16.2 Å². The van der Waals surface area contributed by atoms with Crippen LogP contribution in [0.4, 0.5) is 0 Å². The van der Waals surface area contributed by atoms with Crippen molar-refractivity contribution in [3.63, 3.8) is 0 Å². The predicted molar refractivity (Wildman–Crippen MR) is 53.7 cm³/mol. The molecule has 6 nitrogen and oxygen atoms in total. The van der Waals surface area contributed by atoms with Gasteiger partial charge in [-0.3, -0.25) is 4.55 Å². The third-order valence-electron chi connectivity index (χ3n) is 1.06. The third kappa shape index (κ3) is 22.6. The van der Waals surface area contributed by atoms with E-state index in [0.29, 0.717) is 6.54 Å². The normalized spacial score (nSPS) is 13.4. The number of nitrogens with zero attached hydrogens (tertiary/aromatic N) is 1. The van der Waals surface area contributed by atoms with E-state index in [1.165, 1.54) is 6.92 Å². The van der Waals surface area contributed by atoms with Gasteiger partial charge < -0.3 is 15.1 Å². The fourth-order valence-electron chi connectivity index (χ4n) is 0.298. The van der Waals surface area contributed by atoms with Gasteiger partial charge in [0.1, 0.15) is 0 Å². The molecule has 14 heavy (non-hydrogen) atoms. The minimum absolute atomic E-state index is 0.139. The standard InChI is InChI=1S/C4H11NO3S.C3H8O2/c1-5(2)3-4-9(6,7)8;1-3(5)2-4/h3-4H2,1-2H3,(H,6,7,8);3-5H,2H2,1H3. The molecule has 0 heterocycles. The Morgan fingerprint density at radius 3 is 1.79 bits per heavy atom. The molecule has 0 rings (SSSR count). The molecule has 0 spiro atoms. The van der Waals surface area contributed by atoms with E-state index in [1.807, 2.05) is 0 Å². The van der Waals surface area contributed by atoms with Crippen LogP contribution in [0.5, 0.6) is 0 Å². The molecule has 1 unspecified atom stereocenters.